The van der Waals surface area contributed by atoms with Crippen molar-refractivity contribution >= 4 is 11.8 Å². The standard InChI is InChI=1S/C23H42N6O/c1-5-23(6-2,11-16-30)19-27-22(24-7-3)26-18-20-9-10-21(25-17-20)29-14-12-28(8-4)13-15-29/h9-10,17,30H,5-8,11-16,18-19H2,1-4H3,(H2,24,26,27). The van der Waals surface area contributed by atoms with Gasteiger partial charge in [0.05, 0.1) is 6.54 Å². The molecule has 0 aliphatic carbocycles. The molecule has 170 valence electrons. The molecule has 2 heterocycles. The van der Waals surface area contributed by atoms with E-state index in [0.29, 0.717) is 6.54 Å². The highest BCUT2D eigenvalue weighted by atomic mass is 16.3. The third kappa shape index (κ3) is 7.13. The number of hydrogen-bond donors (Lipinski definition) is 3. The number of guanidine groups is 1. The lowest BCUT2D eigenvalue weighted by atomic mass is 9.79. The van der Waals surface area contributed by atoms with E-state index in [9.17, 15) is 5.11 Å². The summed E-state index contributed by atoms with van der Waals surface area (Å²) in [5.41, 5.74) is 1.21. The molecule has 30 heavy (non-hydrogen) atoms. The van der Waals surface area contributed by atoms with Gasteiger partial charge in [-0.25, -0.2) is 9.98 Å². The summed E-state index contributed by atoms with van der Waals surface area (Å²) >= 11 is 0. The van der Waals surface area contributed by atoms with Crippen LogP contribution in [-0.2, 0) is 6.54 Å². The topological polar surface area (TPSA) is 76.0 Å². The molecule has 2 rings (SSSR count). The Morgan fingerprint density at radius 1 is 1.10 bits per heavy atom. The van der Waals surface area contributed by atoms with Crippen LogP contribution in [-0.4, -0.2) is 73.4 Å². The molecule has 7 nitrogen and oxygen atoms in total. The summed E-state index contributed by atoms with van der Waals surface area (Å²) in [4.78, 5) is 14.3. The molecule has 1 aromatic heterocycles. The van der Waals surface area contributed by atoms with Gasteiger partial charge in [-0.15, -0.1) is 0 Å². The van der Waals surface area contributed by atoms with Crippen molar-refractivity contribution in [3.05, 3.63) is 23.9 Å². The summed E-state index contributed by atoms with van der Waals surface area (Å²) in [7, 11) is 0. The second-order valence-electron chi connectivity index (χ2n) is 8.18. The lowest BCUT2D eigenvalue weighted by molar-refractivity contribution is 0.169. The number of nitrogens with one attached hydrogen (secondary N) is 2. The molecule has 1 fully saturated rings. The van der Waals surface area contributed by atoms with Crippen LogP contribution in [0, 0.1) is 5.41 Å². The molecule has 1 saturated heterocycles. The van der Waals surface area contributed by atoms with Crippen LogP contribution in [0.25, 0.3) is 0 Å². The van der Waals surface area contributed by atoms with Crippen molar-refractivity contribution in [3.63, 3.8) is 0 Å². The highest BCUT2D eigenvalue weighted by Crippen LogP contribution is 2.29. The molecule has 7 heteroatoms. The Labute approximate surface area is 183 Å². The second kappa shape index (κ2) is 12.7. The summed E-state index contributed by atoms with van der Waals surface area (Å²) in [6.07, 6.45) is 4.83. The number of aliphatic hydroxyl groups is 1. The zero-order valence-electron chi connectivity index (χ0n) is 19.5. The van der Waals surface area contributed by atoms with Crippen LogP contribution >= 0.6 is 0 Å². The van der Waals surface area contributed by atoms with Gasteiger partial charge in [0.1, 0.15) is 5.82 Å². The van der Waals surface area contributed by atoms with E-state index < -0.39 is 0 Å². The largest absolute Gasteiger partial charge is 0.396 e. The Hall–Kier alpha value is -1.86. The first kappa shape index (κ1) is 24.4. The Morgan fingerprint density at radius 3 is 2.37 bits per heavy atom. The van der Waals surface area contributed by atoms with E-state index in [1.165, 1.54) is 0 Å². The fraction of sp³-hybridized carbons (Fsp3) is 0.739. The molecule has 0 spiro atoms. The van der Waals surface area contributed by atoms with Crippen molar-refractivity contribution in [3.8, 4) is 0 Å². The number of aliphatic hydroxyl groups excluding tert-OH is 1. The molecular weight excluding hydrogens is 376 g/mol. The Morgan fingerprint density at radius 2 is 1.83 bits per heavy atom. The number of aromatic nitrogens is 1. The lowest BCUT2D eigenvalue weighted by Gasteiger charge is -2.34. The molecule has 0 bridgehead atoms. The van der Waals surface area contributed by atoms with E-state index in [0.717, 1.165) is 82.4 Å². The molecule has 0 aromatic carbocycles. The number of pyridine rings is 1. The van der Waals surface area contributed by atoms with E-state index in [1.807, 2.05) is 6.20 Å². The second-order valence-corrected chi connectivity index (χ2v) is 8.18. The van der Waals surface area contributed by atoms with E-state index in [1.54, 1.807) is 0 Å². The summed E-state index contributed by atoms with van der Waals surface area (Å²) in [6.45, 7) is 16.5. The van der Waals surface area contributed by atoms with Crippen molar-refractivity contribution in [1.82, 2.24) is 20.5 Å². The molecule has 0 amide bonds. The first-order valence-electron chi connectivity index (χ1n) is 11.6. The van der Waals surface area contributed by atoms with Gasteiger partial charge in [0.15, 0.2) is 5.96 Å². The smallest absolute Gasteiger partial charge is 0.191 e. The maximum absolute atomic E-state index is 9.44. The van der Waals surface area contributed by atoms with Crippen LogP contribution < -0.4 is 15.5 Å². The number of aliphatic imine (C=N–C) groups is 1. The predicted octanol–water partition coefficient (Wildman–Crippen LogP) is 2.47. The summed E-state index contributed by atoms with van der Waals surface area (Å²) in [6, 6.07) is 4.25. The maximum Gasteiger partial charge on any atom is 0.191 e. The first-order valence-corrected chi connectivity index (χ1v) is 11.6. The molecule has 1 aliphatic rings. The fourth-order valence-electron chi connectivity index (χ4n) is 3.95. The molecule has 0 unspecified atom stereocenters. The molecular formula is C23H42N6O. The normalized spacial score (nSPS) is 16.0. The molecule has 1 aliphatic heterocycles. The van der Waals surface area contributed by atoms with Crippen molar-refractivity contribution < 1.29 is 5.11 Å². The van der Waals surface area contributed by atoms with Gasteiger partial charge in [-0.3, -0.25) is 0 Å². The summed E-state index contributed by atoms with van der Waals surface area (Å²) in [5, 5.41) is 16.3. The van der Waals surface area contributed by atoms with E-state index in [4.69, 9.17) is 4.99 Å². The third-order valence-electron chi connectivity index (χ3n) is 6.49. The minimum atomic E-state index is 0.107. The van der Waals surface area contributed by atoms with Crippen LogP contribution in [0.1, 0.15) is 52.5 Å². The zero-order chi connectivity index (χ0) is 21.8. The van der Waals surface area contributed by atoms with E-state index in [-0.39, 0.29) is 12.0 Å². The molecule has 0 saturated carbocycles. The van der Waals surface area contributed by atoms with Crippen molar-refractivity contribution in [2.24, 2.45) is 10.4 Å². The average Bonchev–Trinajstić information content (AvgIpc) is 2.80. The minimum absolute atomic E-state index is 0.107. The van der Waals surface area contributed by atoms with E-state index in [2.05, 4.69) is 65.2 Å². The Kier molecular flexibility index (Phi) is 10.4. The average molecular weight is 419 g/mol. The zero-order valence-corrected chi connectivity index (χ0v) is 19.5. The van der Waals surface area contributed by atoms with Gasteiger partial charge in [0.25, 0.3) is 0 Å². The molecule has 3 N–H and O–H groups in total. The van der Waals surface area contributed by atoms with Crippen molar-refractivity contribution in [2.75, 3.05) is 57.3 Å². The van der Waals surface area contributed by atoms with Gasteiger partial charge < -0.3 is 25.5 Å². The first-order chi connectivity index (χ1) is 14.6. The Bertz CT molecular complexity index is 621. The summed E-state index contributed by atoms with van der Waals surface area (Å²) in [5.74, 6) is 1.88. The van der Waals surface area contributed by atoms with Gasteiger partial charge in [-0.2, -0.15) is 0 Å². The maximum atomic E-state index is 9.44. The van der Waals surface area contributed by atoms with Gasteiger partial charge in [0.2, 0.25) is 0 Å². The predicted molar refractivity (Wildman–Crippen MR) is 126 cm³/mol. The van der Waals surface area contributed by atoms with Gasteiger partial charge in [-0.1, -0.05) is 26.8 Å². The van der Waals surface area contributed by atoms with E-state index >= 15 is 0 Å². The number of rotatable bonds is 11. The lowest BCUT2D eigenvalue weighted by Crippen LogP contribution is -2.46. The van der Waals surface area contributed by atoms with Crippen molar-refractivity contribution in [2.45, 2.75) is 53.5 Å². The fourth-order valence-corrected chi connectivity index (χ4v) is 3.95. The number of nitrogens with zero attached hydrogens (tertiary/aromatic N) is 4. The van der Waals surface area contributed by atoms with Crippen LogP contribution in [0.4, 0.5) is 5.82 Å². The van der Waals surface area contributed by atoms with Gasteiger partial charge in [0, 0.05) is 52.1 Å². The number of piperazine rings is 1. The van der Waals surface area contributed by atoms with Crippen LogP contribution in [0.15, 0.2) is 23.3 Å². The van der Waals surface area contributed by atoms with Crippen LogP contribution in [0.5, 0.6) is 0 Å². The number of hydrogen-bond acceptors (Lipinski definition) is 5. The van der Waals surface area contributed by atoms with Gasteiger partial charge in [-0.05, 0) is 49.8 Å². The Balaban J connectivity index is 1.94. The van der Waals surface area contributed by atoms with Crippen LogP contribution in [0.2, 0.25) is 0 Å². The quantitative estimate of drug-likeness (QED) is 0.379. The monoisotopic (exact) mass is 418 g/mol. The minimum Gasteiger partial charge on any atom is -0.396 e. The highest BCUT2D eigenvalue weighted by molar-refractivity contribution is 5.79. The van der Waals surface area contributed by atoms with Gasteiger partial charge >= 0.3 is 0 Å². The molecule has 1 aromatic rings. The number of likely N-dealkylation sites (N-methyl/N-ethyl adjacent to an activating group) is 1. The van der Waals surface area contributed by atoms with Crippen molar-refractivity contribution in [1.29, 1.82) is 0 Å². The molecule has 0 atom stereocenters. The highest BCUT2D eigenvalue weighted by Gasteiger charge is 2.25. The number of anilines is 1. The SMILES string of the molecule is CCNC(=NCc1ccc(N2CCN(CC)CC2)nc1)NCC(CC)(CC)CCO. The molecule has 0 radical (unpaired) electrons. The third-order valence-corrected chi connectivity index (χ3v) is 6.49. The summed E-state index contributed by atoms with van der Waals surface area (Å²) < 4.78 is 0. The van der Waals surface area contributed by atoms with Crippen LogP contribution in [0.3, 0.4) is 0 Å².